The molecule has 0 bridgehead atoms. The van der Waals surface area contributed by atoms with E-state index in [0.717, 1.165) is 37.9 Å². The van der Waals surface area contributed by atoms with Gasteiger partial charge in [-0.1, -0.05) is 24.3 Å². The van der Waals surface area contributed by atoms with Crippen LogP contribution in [0.2, 0.25) is 0 Å². The van der Waals surface area contributed by atoms with Crippen molar-refractivity contribution in [3.63, 3.8) is 0 Å². The van der Waals surface area contributed by atoms with Crippen molar-refractivity contribution >= 4 is 5.91 Å². The third-order valence-electron chi connectivity index (χ3n) is 5.25. The molecule has 1 N–H and O–H groups in total. The summed E-state index contributed by atoms with van der Waals surface area (Å²) in [5, 5.41) is 10.6. The fraction of sp³-hybridized carbons (Fsp3) is 0.611. The number of amides is 1. The van der Waals surface area contributed by atoms with Crippen molar-refractivity contribution in [3.8, 4) is 0 Å². The summed E-state index contributed by atoms with van der Waals surface area (Å²) < 4.78 is 0. The minimum atomic E-state index is -0.365. The Morgan fingerprint density at radius 2 is 1.95 bits per heavy atom. The average molecular weight is 302 g/mol. The standard InChI is InChI=1S/C18H26N2O2/c1-19(2)17(21)11-13-7-9-20(10-8-13)16-12-14-5-3-4-6-15(14)18(16)22/h3-6,13,16,18,22H,7-12H2,1-2H3. The second-order valence-corrected chi connectivity index (χ2v) is 6.89. The fourth-order valence-electron chi connectivity index (χ4n) is 3.80. The Morgan fingerprint density at radius 1 is 1.27 bits per heavy atom. The summed E-state index contributed by atoms with van der Waals surface area (Å²) in [4.78, 5) is 15.9. The summed E-state index contributed by atoms with van der Waals surface area (Å²) in [6, 6.07) is 8.43. The molecule has 0 saturated carbocycles. The highest BCUT2D eigenvalue weighted by Gasteiger charge is 2.36. The molecule has 1 aliphatic carbocycles. The lowest BCUT2D eigenvalue weighted by Crippen LogP contribution is -2.44. The average Bonchev–Trinajstić information content (AvgIpc) is 2.85. The van der Waals surface area contributed by atoms with E-state index < -0.39 is 0 Å². The van der Waals surface area contributed by atoms with E-state index in [1.165, 1.54) is 5.56 Å². The Morgan fingerprint density at radius 3 is 2.59 bits per heavy atom. The zero-order valence-corrected chi connectivity index (χ0v) is 13.5. The number of nitrogens with zero attached hydrogens (tertiary/aromatic N) is 2. The smallest absolute Gasteiger partial charge is 0.222 e. The molecule has 2 atom stereocenters. The van der Waals surface area contributed by atoms with Gasteiger partial charge < -0.3 is 10.0 Å². The largest absolute Gasteiger partial charge is 0.387 e. The number of aliphatic hydroxyl groups excluding tert-OH is 1. The van der Waals surface area contributed by atoms with Gasteiger partial charge in [0, 0.05) is 26.6 Å². The molecule has 1 aliphatic heterocycles. The van der Waals surface area contributed by atoms with Gasteiger partial charge in [-0.2, -0.15) is 0 Å². The molecule has 0 spiro atoms. The molecule has 4 nitrogen and oxygen atoms in total. The van der Waals surface area contributed by atoms with E-state index in [-0.39, 0.29) is 18.1 Å². The Bertz CT molecular complexity index is 536. The van der Waals surface area contributed by atoms with Crippen LogP contribution in [0.4, 0.5) is 0 Å². The summed E-state index contributed by atoms with van der Waals surface area (Å²) in [5.74, 6) is 0.721. The minimum absolute atomic E-state index is 0.211. The Labute approximate surface area is 132 Å². The predicted molar refractivity (Wildman–Crippen MR) is 86.5 cm³/mol. The van der Waals surface area contributed by atoms with E-state index in [2.05, 4.69) is 11.0 Å². The molecule has 0 aromatic heterocycles. The highest BCUT2D eigenvalue weighted by atomic mass is 16.3. The van der Waals surface area contributed by atoms with E-state index in [0.29, 0.717) is 12.3 Å². The van der Waals surface area contributed by atoms with Gasteiger partial charge in [0.05, 0.1) is 6.10 Å². The maximum absolute atomic E-state index is 11.8. The molecule has 1 fully saturated rings. The second kappa shape index (κ2) is 6.39. The third-order valence-corrected chi connectivity index (χ3v) is 5.25. The van der Waals surface area contributed by atoms with Gasteiger partial charge >= 0.3 is 0 Å². The second-order valence-electron chi connectivity index (χ2n) is 6.89. The van der Waals surface area contributed by atoms with Crippen molar-refractivity contribution < 1.29 is 9.90 Å². The Balaban J connectivity index is 1.56. The molecule has 120 valence electrons. The van der Waals surface area contributed by atoms with Gasteiger partial charge in [0.15, 0.2) is 0 Å². The number of benzene rings is 1. The van der Waals surface area contributed by atoms with Crippen LogP contribution in [0, 0.1) is 5.92 Å². The lowest BCUT2D eigenvalue weighted by molar-refractivity contribution is -0.130. The molecule has 1 saturated heterocycles. The number of carbonyl (C=O) groups is 1. The molecule has 0 radical (unpaired) electrons. The van der Waals surface area contributed by atoms with Crippen molar-refractivity contribution in [3.05, 3.63) is 35.4 Å². The summed E-state index contributed by atoms with van der Waals surface area (Å²) >= 11 is 0. The number of hydrogen-bond donors (Lipinski definition) is 1. The number of aliphatic hydroxyl groups is 1. The SMILES string of the molecule is CN(C)C(=O)CC1CCN(C2Cc3ccccc3C2O)CC1. The fourth-order valence-corrected chi connectivity index (χ4v) is 3.80. The molecular formula is C18H26N2O2. The van der Waals surface area contributed by atoms with E-state index in [1.54, 1.807) is 4.90 Å². The van der Waals surface area contributed by atoms with Crippen LogP contribution in [0.3, 0.4) is 0 Å². The van der Waals surface area contributed by atoms with Crippen molar-refractivity contribution in [1.29, 1.82) is 0 Å². The third kappa shape index (κ3) is 3.03. The van der Waals surface area contributed by atoms with Gasteiger partial charge in [0.1, 0.15) is 0 Å². The molecule has 1 aromatic carbocycles. The first kappa shape index (κ1) is 15.5. The maximum Gasteiger partial charge on any atom is 0.222 e. The van der Waals surface area contributed by atoms with Crippen LogP contribution >= 0.6 is 0 Å². The van der Waals surface area contributed by atoms with Crippen LogP contribution in [-0.4, -0.2) is 54.0 Å². The normalized spacial score (nSPS) is 26.0. The minimum Gasteiger partial charge on any atom is -0.387 e. The molecule has 1 amide bonds. The first-order valence-corrected chi connectivity index (χ1v) is 8.26. The van der Waals surface area contributed by atoms with E-state index in [9.17, 15) is 9.90 Å². The van der Waals surface area contributed by atoms with Crippen LogP contribution in [0.5, 0.6) is 0 Å². The summed E-state index contributed by atoms with van der Waals surface area (Å²) in [7, 11) is 3.65. The molecule has 2 unspecified atom stereocenters. The number of likely N-dealkylation sites (tertiary alicyclic amines) is 1. The molecular weight excluding hydrogens is 276 g/mol. The van der Waals surface area contributed by atoms with Gasteiger partial charge in [-0.3, -0.25) is 9.69 Å². The topological polar surface area (TPSA) is 43.8 Å². The van der Waals surface area contributed by atoms with Crippen LogP contribution in [0.15, 0.2) is 24.3 Å². The van der Waals surface area contributed by atoms with Gasteiger partial charge in [0.25, 0.3) is 0 Å². The van der Waals surface area contributed by atoms with Crippen molar-refractivity contribution in [1.82, 2.24) is 9.80 Å². The van der Waals surface area contributed by atoms with Gasteiger partial charge in [-0.15, -0.1) is 0 Å². The zero-order chi connectivity index (χ0) is 15.7. The van der Waals surface area contributed by atoms with Gasteiger partial charge in [-0.05, 0) is 49.4 Å². The first-order valence-electron chi connectivity index (χ1n) is 8.26. The molecule has 1 aromatic rings. The number of carbonyl (C=O) groups excluding carboxylic acids is 1. The Kier molecular flexibility index (Phi) is 4.50. The van der Waals surface area contributed by atoms with Crippen LogP contribution < -0.4 is 0 Å². The number of fused-ring (bicyclic) bond motifs is 1. The van der Waals surface area contributed by atoms with Crippen molar-refractivity contribution in [2.75, 3.05) is 27.2 Å². The van der Waals surface area contributed by atoms with Crippen LogP contribution in [0.25, 0.3) is 0 Å². The number of hydrogen-bond acceptors (Lipinski definition) is 3. The van der Waals surface area contributed by atoms with E-state index >= 15 is 0 Å². The summed E-state index contributed by atoms with van der Waals surface area (Å²) in [5.41, 5.74) is 2.38. The van der Waals surface area contributed by atoms with Crippen molar-refractivity contribution in [2.45, 2.75) is 37.8 Å². The van der Waals surface area contributed by atoms with Crippen LogP contribution in [0.1, 0.15) is 36.5 Å². The summed E-state index contributed by atoms with van der Waals surface area (Å²) in [6.45, 7) is 1.97. The number of rotatable bonds is 3. The monoisotopic (exact) mass is 302 g/mol. The molecule has 2 aliphatic rings. The zero-order valence-electron chi connectivity index (χ0n) is 13.5. The quantitative estimate of drug-likeness (QED) is 0.926. The number of piperidine rings is 1. The van der Waals surface area contributed by atoms with E-state index in [4.69, 9.17) is 0 Å². The predicted octanol–water partition coefficient (Wildman–Crippen LogP) is 1.83. The van der Waals surface area contributed by atoms with Gasteiger partial charge in [-0.25, -0.2) is 0 Å². The van der Waals surface area contributed by atoms with E-state index in [1.807, 2.05) is 32.3 Å². The van der Waals surface area contributed by atoms with Gasteiger partial charge in [0.2, 0.25) is 5.91 Å². The summed E-state index contributed by atoms with van der Waals surface area (Å²) in [6.07, 6.45) is 3.35. The van der Waals surface area contributed by atoms with Crippen molar-refractivity contribution in [2.24, 2.45) is 5.92 Å². The lowest BCUT2D eigenvalue weighted by atomic mass is 9.91. The molecule has 1 heterocycles. The molecule has 4 heteroatoms. The highest BCUT2D eigenvalue weighted by Crippen LogP contribution is 2.36. The maximum atomic E-state index is 11.8. The molecule has 3 rings (SSSR count). The Hall–Kier alpha value is -1.39. The molecule has 22 heavy (non-hydrogen) atoms. The first-order chi connectivity index (χ1) is 10.6. The lowest BCUT2D eigenvalue weighted by Gasteiger charge is -2.37. The van der Waals surface area contributed by atoms with Crippen LogP contribution in [-0.2, 0) is 11.2 Å². The highest BCUT2D eigenvalue weighted by molar-refractivity contribution is 5.75.